The fourth-order valence-corrected chi connectivity index (χ4v) is 2.93. The van der Waals surface area contributed by atoms with E-state index in [0.29, 0.717) is 6.54 Å². The maximum atomic E-state index is 10.2. The summed E-state index contributed by atoms with van der Waals surface area (Å²) in [6.45, 7) is 0.505. The number of aliphatic hydroxyl groups excluding tert-OH is 2. The summed E-state index contributed by atoms with van der Waals surface area (Å²) >= 11 is 0. The molecule has 2 heterocycles. The van der Waals surface area contributed by atoms with Gasteiger partial charge in [0, 0.05) is 30.4 Å². The number of nitrogens with one attached hydrogen (secondary N) is 1. The summed E-state index contributed by atoms with van der Waals surface area (Å²) in [4.78, 5) is 4.10. The summed E-state index contributed by atoms with van der Waals surface area (Å²) in [7, 11) is 0. The number of rotatable bonds is 2. The standard InChI is InChI=1S/C13H18N2O2/c16-11-8-15-13(3-4-13)10(12(11)17)6-9-2-1-5-14-7-9/h1-2,5,7,10-12,15-17H,3-4,6,8H2/t10-,11-,12-/m1/s1. The van der Waals surface area contributed by atoms with E-state index in [9.17, 15) is 10.2 Å². The van der Waals surface area contributed by atoms with E-state index in [0.717, 1.165) is 24.8 Å². The predicted molar refractivity (Wildman–Crippen MR) is 63.4 cm³/mol. The molecule has 2 aliphatic rings. The second kappa shape index (κ2) is 4.05. The number of piperidine rings is 1. The first-order valence-corrected chi connectivity index (χ1v) is 6.21. The third-order valence-electron chi connectivity index (χ3n) is 4.15. The van der Waals surface area contributed by atoms with Gasteiger partial charge in [-0.1, -0.05) is 6.07 Å². The van der Waals surface area contributed by atoms with Crippen LogP contribution in [0.1, 0.15) is 18.4 Å². The average molecular weight is 234 g/mol. The van der Waals surface area contributed by atoms with Crippen molar-refractivity contribution in [2.45, 2.75) is 37.0 Å². The Labute approximate surface area is 101 Å². The Morgan fingerprint density at radius 2 is 2.24 bits per heavy atom. The largest absolute Gasteiger partial charge is 0.390 e. The van der Waals surface area contributed by atoms with E-state index in [1.54, 1.807) is 6.20 Å². The molecule has 0 bridgehead atoms. The highest BCUT2D eigenvalue weighted by Crippen LogP contribution is 2.47. The highest BCUT2D eigenvalue weighted by molar-refractivity contribution is 5.18. The van der Waals surface area contributed by atoms with Crippen molar-refractivity contribution in [2.75, 3.05) is 6.54 Å². The van der Waals surface area contributed by atoms with Gasteiger partial charge in [0.25, 0.3) is 0 Å². The molecular formula is C13H18N2O2. The van der Waals surface area contributed by atoms with E-state index in [-0.39, 0.29) is 11.5 Å². The lowest BCUT2D eigenvalue weighted by molar-refractivity contribution is -0.0569. The van der Waals surface area contributed by atoms with Gasteiger partial charge in [-0.15, -0.1) is 0 Å². The molecule has 1 aliphatic heterocycles. The van der Waals surface area contributed by atoms with Gasteiger partial charge in [-0.2, -0.15) is 0 Å². The highest BCUT2D eigenvalue weighted by atomic mass is 16.3. The van der Waals surface area contributed by atoms with Gasteiger partial charge in [0.2, 0.25) is 0 Å². The van der Waals surface area contributed by atoms with Crippen LogP contribution >= 0.6 is 0 Å². The van der Waals surface area contributed by atoms with Crippen LogP contribution in [0.15, 0.2) is 24.5 Å². The van der Waals surface area contributed by atoms with Crippen molar-refractivity contribution in [3.05, 3.63) is 30.1 Å². The van der Waals surface area contributed by atoms with Gasteiger partial charge >= 0.3 is 0 Å². The second-order valence-corrected chi connectivity index (χ2v) is 5.27. The summed E-state index contributed by atoms with van der Waals surface area (Å²) in [5, 5.41) is 23.3. The summed E-state index contributed by atoms with van der Waals surface area (Å²) in [6, 6.07) is 3.94. The molecule has 3 rings (SSSR count). The first kappa shape index (κ1) is 11.1. The maximum Gasteiger partial charge on any atom is 0.0926 e. The zero-order valence-corrected chi connectivity index (χ0v) is 9.71. The van der Waals surface area contributed by atoms with Crippen LogP contribution in [0.25, 0.3) is 0 Å². The van der Waals surface area contributed by atoms with Gasteiger partial charge in [-0.3, -0.25) is 4.98 Å². The molecule has 4 heteroatoms. The Balaban J connectivity index is 1.79. The molecule has 3 N–H and O–H groups in total. The van der Waals surface area contributed by atoms with Gasteiger partial charge in [0.05, 0.1) is 12.2 Å². The Kier molecular flexibility index (Phi) is 2.65. The van der Waals surface area contributed by atoms with Crippen molar-refractivity contribution in [1.29, 1.82) is 0 Å². The van der Waals surface area contributed by atoms with Crippen LogP contribution in [0.3, 0.4) is 0 Å². The number of pyridine rings is 1. The first-order chi connectivity index (χ1) is 8.21. The molecule has 0 amide bonds. The normalized spacial score (nSPS) is 34.8. The van der Waals surface area contributed by atoms with Crippen molar-refractivity contribution in [2.24, 2.45) is 5.92 Å². The average Bonchev–Trinajstić information content (AvgIpc) is 3.13. The van der Waals surface area contributed by atoms with Crippen LogP contribution < -0.4 is 5.32 Å². The van der Waals surface area contributed by atoms with Gasteiger partial charge < -0.3 is 15.5 Å². The van der Waals surface area contributed by atoms with E-state index in [4.69, 9.17) is 0 Å². The van der Waals surface area contributed by atoms with Gasteiger partial charge in [-0.05, 0) is 30.9 Å². The molecule has 1 saturated carbocycles. The molecule has 4 nitrogen and oxygen atoms in total. The number of aromatic nitrogens is 1. The minimum atomic E-state index is -0.650. The maximum absolute atomic E-state index is 10.2. The lowest BCUT2D eigenvalue weighted by Gasteiger charge is -2.40. The zero-order chi connectivity index (χ0) is 11.9. The SMILES string of the molecule is O[C@H]1[C@H](O)CNC2(CC2)[C@@H]1Cc1cccnc1. The Bertz CT molecular complexity index is 392. The molecule has 0 aromatic carbocycles. The molecule has 1 aromatic heterocycles. The Morgan fingerprint density at radius 1 is 1.41 bits per heavy atom. The van der Waals surface area contributed by atoms with Crippen LogP contribution in [0, 0.1) is 5.92 Å². The van der Waals surface area contributed by atoms with E-state index >= 15 is 0 Å². The fraction of sp³-hybridized carbons (Fsp3) is 0.615. The minimum absolute atomic E-state index is 0.0640. The number of hydrogen-bond acceptors (Lipinski definition) is 4. The van der Waals surface area contributed by atoms with Crippen LogP contribution in [-0.4, -0.2) is 39.5 Å². The van der Waals surface area contributed by atoms with Crippen molar-refractivity contribution in [1.82, 2.24) is 10.3 Å². The first-order valence-electron chi connectivity index (χ1n) is 6.21. The minimum Gasteiger partial charge on any atom is -0.390 e. The van der Waals surface area contributed by atoms with Gasteiger partial charge in [0.15, 0.2) is 0 Å². The van der Waals surface area contributed by atoms with Crippen LogP contribution in [0.4, 0.5) is 0 Å². The zero-order valence-electron chi connectivity index (χ0n) is 9.71. The topological polar surface area (TPSA) is 65.4 Å². The molecule has 17 heavy (non-hydrogen) atoms. The van der Waals surface area contributed by atoms with Crippen molar-refractivity contribution in [3.8, 4) is 0 Å². The quantitative estimate of drug-likeness (QED) is 0.679. The molecule has 1 aliphatic carbocycles. The van der Waals surface area contributed by atoms with Crippen LogP contribution in [0.5, 0.6) is 0 Å². The summed E-state index contributed by atoms with van der Waals surface area (Å²) < 4.78 is 0. The van der Waals surface area contributed by atoms with Crippen molar-refractivity contribution >= 4 is 0 Å². The van der Waals surface area contributed by atoms with E-state index in [1.165, 1.54) is 0 Å². The molecule has 1 saturated heterocycles. The number of aliphatic hydroxyl groups is 2. The molecule has 1 spiro atoms. The lowest BCUT2D eigenvalue weighted by atomic mass is 9.80. The third-order valence-corrected chi connectivity index (χ3v) is 4.15. The molecule has 0 radical (unpaired) electrons. The number of β-amino-alcohol motifs (C(OH)–C–C–N with tert-alkyl or cyclic N) is 1. The van der Waals surface area contributed by atoms with E-state index in [2.05, 4.69) is 10.3 Å². The van der Waals surface area contributed by atoms with Crippen molar-refractivity contribution in [3.63, 3.8) is 0 Å². The summed E-state index contributed by atoms with van der Waals surface area (Å²) in [5.74, 6) is 0.0930. The summed E-state index contributed by atoms with van der Waals surface area (Å²) in [6.07, 6.45) is 5.29. The Hall–Kier alpha value is -0.970. The third kappa shape index (κ3) is 1.97. The lowest BCUT2D eigenvalue weighted by Crippen LogP contribution is -2.58. The second-order valence-electron chi connectivity index (χ2n) is 5.27. The Morgan fingerprint density at radius 3 is 2.88 bits per heavy atom. The van der Waals surface area contributed by atoms with Gasteiger partial charge in [-0.25, -0.2) is 0 Å². The van der Waals surface area contributed by atoms with Crippen molar-refractivity contribution < 1.29 is 10.2 Å². The van der Waals surface area contributed by atoms with E-state index in [1.807, 2.05) is 18.3 Å². The number of nitrogens with zero attached hydrogens (tertiary/aromatic N) is 1. The molecule has 3 atom stereocenters. The van der Waals surface area contributed by atoms with Crippen LogP contribution in [-0.2, 0) is 6.42 Å². The monoisotopic (exact) mass is 234 g/mol. The number of hydrogen-bond donors (Lipinski definition) is 3. The van der Waals surface area contributed by atoms with E-state index < -0.39 is 12.2 Å². The van der Waals surface area contributed by atoms with Gasteiger partial charge in [0.1, 0.15) is 0 Å². The molecule has 2 fully saturated rings. The molecule has 1 aromatic rings. The molecular weight excluding hydrogens is 216 g/mol. The smallest absolute Gasteiger partial charge is 0.0926 e. The van der Waals surface area contributed by atoms with Crippen LogP contribution in [0.2, 0.25) is 0 Å². The molecule has 92 valence electrons. The predicted octanol–water partition coefficient (Wildman–Crippen LogP) is 0.0979. The summed E-state index contributed by atoms with van der Waals surface area (Å²) in [5.41, 5.74) is 1.19. The molecule has 0 unspecified atom stereocenters. The highest BCUT2D eigenvalue weighted by Gasteiger charge is 2.55. The fourth-order valence-electron chi connectivity index (χ4n) is 2.93.